The zero-order chi connectivity index (χ0) is 13.2. The van der Waals surface area contributed by atoms with E-state index in [-0.39, 0.29) is 5.91 Å². The van der Waals surface area contributed by atoms with Crippen LogP contribution in [0.1, 0.15) is 44.4 Å². The standard InChI is InChI=1S/C15H23NOS/c1-3-5-7-13(4-2)12-16-15(17)10-9-14-8-6-11-18-14/h6,8-11,13H,3-5,7,12H2,1-2H3,(H,16,17). The van der Waals surface area contributed by atoms with Gasteiger partial charge in [0.1, 0.15) is 0 Å². The molecule has 18 heavy (non-hydrogen) atoms. The van der Waals surface area contributed by atoms with Crippen molar-refractivity contribution in [3.8, 4) is 0 Å². The summed E-state index contributed by atoms with van der Waals surface area (Å²) in [6, 6.07) is 3.99. The maximum absolute atomic E-state index is 11.6. The molecule has 0 radical (unpaired) electrons. The van der Waals surface area contributed by atoms with E-state index in [0.29, 0.717) is 5.92 Å². The summed E-state index contributed by atoms with van der Waals surface area (Å²) < 4.78 is 0. The molecule has 100 valence electrons. The number of hydrogen-bond donors (Lipinski definition) is 1. The van der Waals surface area contributed by atoms with Gasteiger partial charge in [-0.05, 0) is 29.9 Å². The molecule has 0 saturated carbocycles. The molecule has 1 amide bonds. The first-order valence-electron chi connectivity index (χ1n) is 6.75. The monoisotopic (exact) mass is 265 g/mol. The fourth-order valence-electron chi connectivity index (χ4n) is 1.79. The Kier molecular flexibility index (Phi) is 7.42. The largest absolute Gasteiger partial charge is 0.352 e. The predicted octanol–water partition coefficient (Wildman–Crippen LogP) is 4.09. The minimum absolute atomic E-state index is 0.0124. The molecule has 2 nitrogen and oxygen atoms in total. The lowest BCUT2D eigenvalue weighted by atomic mass is 9.99. The molecule has 0 aliphatic carbocycles. The molecule has 0 bridgehead atoms. The van der Waals surface area contributed by atoms with Gasteiger partial charge in [-0.2, -0.15) is 0 Å². The van der Waals surface area contributed by atoms with Crippen LogP contribution >= 0.6 is 11.3 Å². The van der Waals surface area contributed by atoms with Crippen molar-refractivity contribution < 1.29 is 4.79 Å². The Morgan fingerprint density at radius 1 is 1.50 bits per heavy atom. The van der Waals surface area contributed by atoms with Gasteiger partial charge in [-0.1, -0.05) is 39.2 Å². The van der Waals surface area contributed by atoms with Crippen LogP contribution in [0.2, 0.25) is 0 Å². The molecule has 1 atom stereocenters. The van der Waals surface area contributed by atoms with Gasteiger partial charge in [-0.15, -0.1) is 11.3 Å². The van der Waals surface area contributed by atoms with Crippen molar-refractivity contribution in [3.05, 3.63) is 28.5 Å². The molecule has 1 aromatic heterocycles. The molecule has 0 aromatic carbocycles. The van der Waals surface area contributed by atoms with Gasteiger partial charge in [-0.25, -0.2) is 0 Å². The molecule has 0 aliphatic heterocycles. The second kappa shape index (κ2) is 8.92. The lowest BCUT2D eigenvalue weighted by molar-refractivity contribution is -0.116. The summed E-state index contributed by atoms with van der Waals surface area (Å²) in [5, 5.41) is 4.99. The SMILES string of the molecule is CCCCC(CC)CNC(=O)C=Cc1cccs1. The Balaban J connectivity index is 2.27. The van der Waals surface area contributed by atoms with Crippen molar-refractivity contribution >= 4 is 23.3 Å². The third-order valence-corrected chi connectivity index (χ3v) is 3.89. The molecule has 0 spiro atoms. The van der Waals surface area contributed by atoms with Crippen molar-refractivity contribution in [1.29, 1.82) is 0 Å². The lowest BCUT2D eigenvalue weighted by Crippen LogP contribution is -2.27. The fraction of sp³-hybridized carbons (Fsp3) is 0.533. The molecular weight excluding hydrogens is 242 g/mol. The third-order valence-electron chi connectivity index (χ3n) is 3.05. The number of carbonyl (C=O) groups excluding carboxylic acids is 1. The van der Waals surface area contributed by atoms with Crippen molar-refractivity contribution in [2.75, 3.05) is 6.54 Å². The zero-order valence-electron chi connectivity index (χ0n) is 11.3. The van der Waals surface area contributed by atoms with Gasteiger partial charge in [0, 0.05) is 17.5 Å². The van der Waals surface area contributed by atoms with Gasteiger partial charge < -0.3 is 5.32 Å². The van der Waals surface area contributed by atoms with E-state index < -0.39 is 0 Å². The summed E-state index contributed by atoms with van der Waals surface area (Å²) in [5.41, 5.74) is 0. The number of rotatable bonds is 8. The molecule has 0 saturated heterocycles. The molecule has 0 aliphatic rings. The van der Waals surface area contributed by atoms with E-state index in [2.05, 4.69) is 19.2 Å². The number of nitrogens with one attached hydrogen (secondary N) is 1. The maximum atomic E-state index is 11.6. The van der Waals surface area contributed by atoms with Gasteiger partial charge in [0.2, 0.25) is 5.91 Å². The minimum Gasteiger partial charge on any atom is -0.352 e. The summed E-state index contributed by atoms with van der Waals surface area (Å²) >= 11 is 1.64. The first-order chi connectivity index (χ1) is 8.76. The molecule has 1 rings (SSSR count). The van der Waals surface area contributed by atoms with Gasteiger partial charge in [0.05, 0.1) is 0 Å². The Morgan fingerprint density at radius 3 is 2.94 bits per heavy atom. The maximum Gasteiger partial charge on any atom is 0.244 e. The summed E-state index contributed by atoms with van der Waals surface area (Å²) in [7, 11) is 0. The molecule has 0 fully saturated rings. The quantitative estimate of drug-likeness (QED) is 0.705. The minimum atomic E-state index is 0.0124. The Bertz CT molecular complexity index is 357. The number of thiophene rings is 1. The molecule has 3 heteroatoms. The highest BCUT2D eigenvalue weighted by molar-refractivity contribution is 7.10. The highest BCUT2D eigenvalue weighted by atomic mass is 32.1. The number of unbranched alkanes of at least 4 members (excludes halogenated alkanes) is 1. The Labute approximate surface area is 114 Å². The normalized spacial score (nSPS) is 12.8. The van der Waals surface area contributed by atoms with Gasteiger partial charge >= 0.3 is 0 Å². The smallest absolute Gasteiger partial charge is 0.244 e. The highest BCUT2D eigenvalue weighted by Gasteiger charge is 2.06. The van der Waals surface area contributed by atoms with E-state index >= 15 is 0 Å². The molecular formula is C15H23NOS. The predicted molar refractivity (Wildman–Crippen MR) is 79.7 cm³/mol. The Hall–Kier alpha value is -1.09. The second-order valence-electron chi connectivity index (χ2n) is 4.51. The van der Waals surface area contributed by atoms with Crippen LogP contribution in [0.3, 0.4) is 0 Å². The fourth-order valence-corrected chi connectivity index (χ4v) is 2.41. The second-order valence-corrected chi connectivity index (χ2v) is 5.49. The van der Waals surface area contributed by atoms with Crippen LogP contribution in [-0.4, -0.2) is 12.5 Å². The highest BCUT2D eigenvalue weighted by Crippen LogP contribution is 2.12. The van der Waals surface area contributed by atoms with Crippen molar-refractivity contribution in [2.24, 2.45) is 5.92 Å². The van der Waals surface area contributed by atoms with Crippen LogP contribution < -0.4 is 5.32 Å². The third kappa shape index (κ3) is 6.01. The first-order valence-corrected chi connectivity index (χ1v) is 7.63. The number of hydrogen-bond acceptors (Lipinski definition) is 2. The first kappa shape index (κ1) is 15.0. The van der Waals surface area contributed by atoms with E-state index in [1.807, 2.05) is 23.6 Å². The lowest BCUT2D eigenvalue weighted by Gasteiger charge is -2.14. The molecule has 1 aromatic rings. The molecule has 1 heterocycles. The van der Waals surface area contributed by atoms with Crippen molar-refractivity contribution in [1.82, 2.24) is 5.32 Å². The zero-order valence-corrected chi connectivity index (χ0v) is 12.1. The summed E-state index contributed by atoms with van der Waals surface area (Å²) in [6.07, 6.45) is 8.31. The van der Waals surface area contributed by atoms with E-state index in [4.69, 9.17) is 0 Å². The number of amides is 1. The van der Waals surface area contributed by atoms with Crippen LogP contribution in [0.5, 0.6) is 0 Å². The summed E-state index contributed by atoms with van der Waals surface area (Å²) in [4.78, 5) is 12.8. The van der Waals surface area contributed by atoms with Crippen molar-refractivity contribution in [2.45, 2.75) is 39.5 Å². The summed E-state index contributed by atoms with van der Waals surface area (Å²) in [6.45, 7) is 5.19. The Morgan fingerprint density at radius 2 is 2.33 bits per heavy atom. The van der Waals surface area contributed by atoms with Crippen LogP contribution in [0.4, 0.5) is 0 Å². The van der Waals surface area contributed by atoms with E-state index in [1.54, 1.807) is 17.4 Å². The van der Waals surface area contributed by atoms with Crippen LogP contribution in [0, 0.1) is 5.92 Å². The molecule has 1 N–H and O–H groups in total. The van der Waals surface area contributed by atoms with Gasteiger partial charge in [0.25, 0.3) is 0 Å². The number of carbonyl (C=O) groups is 1. The van der Waals surface area contributed by atoms with Crippen LogP contribution in [0.15, 0.2) is 23.6 Å². The molecule has 1 unspecified atom stereocenters. The van der Waals surface area contributed by atoms with Crippen LogP contribution in [-0.2, 0) is 4.79 Å². The summed E-state index contributed by atoms with van der Waals surface area (Å²) in [5.74, 6) is 0.627. The van der Waals surface area contributed by atoms with Crippen LogP contribution in [0.25, 0.3) is 6.08 Å². The van der Waals surface area contributed by atoms with E-state index in [9.17, 15) is 4.79 Å². The topological polar surface area (TPSA) is 29.1 Å². The van der Waals surface area contributed by atoms with Gasteiger partial charge in [-0.3, -0.25) is 4.79 Å². The van der Waals surface area contributed by atoms with E-state index in [1.165, 1.54) is 19.3 Å². The average molecular weight is 265 g/mol. The van der Waals surface area contributed by atoms with E-state index in [0.717, 1.165) is 17.8 Å². The average Bonchev–Trinajstić information content (AvgIpc) is 2.89. The van der Waals surface area contributed by atoms with Crippen molar-refractivity contribution in [3.63, 3.8) is 0 Å². The van der Waals surface area contributed by atoms with Gasteiger partial charge in [0.15, 0.2) is 0 Å².